The van der Waals surface area contributed by atoms with Crippen LogP contribution in [0.5, 0.6) is 0 Å². The number of carbonyl (C=O) groups is 2. The lowest BCUT2D eigenvalue weighted by Crippen LogP contribution is -2.34. The second kappa shape index (κ2) is 9.78. The Morgan fingerprint density at radius 2 is 1.65 bits per heavy atom. The Labute approximate surface area is 186 Å². The number of hydrogen-bond acceptors (Lipinski definition) is 5. The summed E-state index contributed by atoms with van der Waals surface area (Å²) in [6, 6.07) is 12.1. The largest absolute Gasteiger partial charge is 0.346 e. The van der Waals surface area contributed by atoms with Crippen LogP contribution < -0.4 is 10.6 Å². The van der Waals surface area contributed by atoms with E-state index < -0.39 is 0 Å². The molecule has 1 aromatic heterocycles. The number of nitrogens with zero attached hydrogens (tertiary/aromatic N) is 3. The summed E-state index contributed by atoms with van der Waals surface area (Å²) in [6.07, 6.45) is 0. The zero-order valence-electron chi connectivity index (χ0n) is 18.4. The molecule has 3 rings (SSSR count). The topological polar surface area (TPSA) is 88.9 Å². The van der Waals surface area contributed by atoms with Crippen LogP contribution in [-0.4, -0.2) is 38.9 Å². The first-order valence-electron chi connectivity index (χ1n) is 10.0. The van der Waals surface area contributed by atoms with Gasteiger partial charge in [-0.15, -0.1) is 10.2 Å². The van der Waals surface area contributed by atoms with Gasteiger partial charge in [0.05, 0.1) is 12.3 Å². The summed E-state index contributed by atoms with van der Waals surface area (Å²) in [5.41, 5.74) is 6.02. The summed E-state index contributed by atoms with van der Waals surface area (Å²) in [7, 11) is 0. The smallest absolute Gasteiger partial charge is 0.243 e. The molecule has 8 heteroatoms. The minimum Gasteiger partial charge on any atom is -0.346 e. The Balaban J connectivity index is 1.55. The third-order valence-corrected chi connectivity index (χ3v) is 5.70. The number of benzene rings is 2. The van der Waals surface area contributed by atoms with Crippen LogP contribution >= 0.6 is 11.8 Å². The molecule has 162 valence electrons. The molecule has 0 unspecified atom stereocenters. The number of carbonyl (C=O) groups excluding carboxylic acids is 2. The van der Waals surface area contributed by atoms with E-state index in [-0.39, 0.29) is 24.1 Å². The Morgan fingerprint density at radius 3 is 2.32 bits per heavy atom. The van der Waals surface area contributed by atoms with Crippen molar-refractivity contribution in [3.8, 4) is 5.69 Å². The van der Waals surface area contributed by atoms with Crippen molar-refractivity contribution in [3.05, 3.63) is 64.5 Å². The molecule has 7 nitrogen and oxygen atoms in total. The molecule has 0 saturated heterocycles. The number of amides is 2. The summed E-state index contributed by atoms with van der Waals surface area (Å²) < 4.78 is 1.92. The maximum atomic E-state index is 12.3. The molecular formula is C23H27N5O2S. The highest BCUT2D eigenvalue weighted by Crippen LogP contribution is 2.23. The van der Waals surface area contributed by atoms with Crippen LogP contribution in [0.2, 0.25) is 0 Å². The fourth-order valence-corrected chi connectivity index (χ4v) is 4.25. The Kier molecular flexibility index (Phi) is 7.12. The van der Waals surface area contributed by atoms with Crippen molar-refractivity contribution in [3.63, 3.8) is 0 Å². The molecule has 0 saturated carbocycles. The van der Waals surface area contributed by atoms with E-state index in [2.05, 4.69) is 20.8 Å². The fraction of sp³-hybridized carbons (Fsp3) is 0.304. The monoisotopic (exact) mass is 437 g/mol. The van der Waals surface area contributed by atoms with Crippen molar-refractivity contribution in [1.82, 2.24) is 20.1 Å². The summed E-state index contributed by atoms with van der Waals surface area (Å²) in [4.78, 5) is 24.6. The zero-order chi connectivity index (χ0) is 22.5. The van der Waals surface area contributed by atoms with Gasteiger partial charge in [0.25, 0.3) is 0 Å². The molecule has 0 bridgehead atoms. The lowest BCUT2D eigenvalue weighted by atomic mass is 10.1. The Hall–Kier alpha value is -3.13. The van der Waals surface area contributed by atoms with Gasteiger partial charge in [0.2, 0.25) is 11.8 Å². The van der Waals surface area contributed by atoms with Crippen LogP contribution in [0.1, 0.15) is 28.1 Å². The van der Waals surface area contributed by atoms with E-state index in [4.69, 9.17) is 0 Å². The molecule has 0 spiro atoms. The van der Waals surface area contributed by atoms with Crippen molar-refractivity contribution in [1.29, 1.82) is 0 Å². The summed E-state index contributed by atoms with van der Waals surface area (Å²) >= 11 is 1.28. The molecule has 0 fully saturated rings. The van der Waals surface area contributed by atoms with Crippen molar-refractivity contribution < 1.29 is 9.59 Å². The van der Waals surface area contributed by atoms with Gasteiger partial charge < -0.3 is 10.6 Å². The first-order chi connectivity index (χ1) is 14.7. The highest BCUT2D eigenvalue weighted by Gasteiger charge is 2.14. The van der Waals surface area contributed by atoms with Crippen LogP contribution in [0.25, 0.3) is 5.69 Å². The number of hydrogen-bond donors (Lipinski definition) is 2. The number of thioether (sulfide) groups is 1. The predicted octanol–water partition coefficient (Wildman–Crippen LogP) is 3.66. The van der Waals surface area contributed by atoms with Crippen LogP contribution in [0.3, 0.4) is 0 Å². The molecule has 0 atom stereocenters. The molecule has 0 radical (unpaired) electrons. The van der Waals surface area contributed by atoms with Gasteiger partial charge in [-0.05, 0) is 63.4 Å². The van der Waals surface area contributed by atoms with E-state index in [1.807, 2.05) is 75.6 Å². The second-order valence-corrected chi connectivity index (χ2v) is 8.53. The third kappa shape index (κ3) is 5.73. The molecule has 0 aliphatic rings. The fourth-order valence-electron chi connectivity index (χ4n) is 3.42. The molecule has 2 N–H and O–H groups in total. The molecule has 31 heavy (non-hydrogen) atoms. The van der Waals surface area contributed by atoms with Crippen molar-refractivity contribution in [2.24, 2.45) is 0 Å². The number of anilines is 1. The normalized spacial score (nSPS) is 10.7. The maximum absolute atomic E-state index is 12.3. The van der Waals surface area contributed by atoms with E-state index in [0.717, 1.165) is 39.5 Å². The average Bonchev–Trinajstić information content (AvgIpc) is 3.08. The van der Waals surface area contributed by atoms with E-state index in [9.17, 15) is 9.59 Å². The summed E-state index contributed by atoms with van der Waals surface area (Å²) in [5.74, 6) is 0.387. The maximum Gasteiger partial charge on any atom is 0.243 e. The number of rotatable bonds is 7. The first-order valence-corrected chi connectivity index (χ1v) is 11.0. The second-order valence-electron chi connectivity index (χ2n) is 7.59. The number of aromatic nitrogens is 3. The van der Waals surface area contributed by atoms with Crippen LogP contribution in [0, 0.1) is 34.6 Å². The van der Waals surface area contributed by atoms with Gasteiger partial charge in [-0.1, -0.05) is 41.6 Å². The lowest BCUT2D eigenvalue weighted by Gasteiger charge is -2.13. The van der Waals surface area contributed by atoms with Crippen LogP contribution in [-0.2, 0) is 9.59 Å². The Morgan fingerprint density at radius 1 is 0.935 bits per heavy atom. The molecule has 2 aromatic carbocycles. The zero-order valence-corrected chi connectivity index (χ0v) is 19.3. The highest BCUT2D eigenvalue weighted by molar-refractivity contribution is 7.99. The highest BCUT2D eigenvalue weighted by atomic mass is 32.2. The number of aryl methyl sites for hydroxylation is 5. The van der Waals surface area contributed by atoms with Crippen molar-refractivity contribution in [2.75, 3.05) is 17.6 Å². The third-order valence-electron chi connectivity index (χ3n) is 4.77. The average molecular weight is 438 g/mol. The van der Waals surface area contributed by atoms with Gasteiger partial charge in [-0.3, -0.25) is 14.2 Å². The SMILES string of the molecule is Cc1cccc(-n2c(C)nnc2SCC(=O)NCC(=O)Nc2c(C)cc(C)cc2C)c1. The van der Waals surface area contributed by atoms with E-state index in [0.29, 0.717) is 5.16 Å². The minimum atomic E-state index is -0.257. The quantitative estimate of drug-likeness (QED) is 0.551. The predicted molar refractivity (Wildman–Crippen MR) is 124 cm³/mol. The molecule has 2 amide bonds. The first kappa shape index (κ1) is 22.6. The molecule has 0 aliphatic heterocycles. The van der Waals surface area contributed by atoms with Gasteiger partial charge in [-0.25, -0.2) is 0 Å². The van der Waals surface area contributed by atoms with Gasteiger partial charge in [-0.2, -0.15) is 0 Å². The van der Waals surface area contributed by atoms with Crippen molar-refractivity contribution >= 4 is 29.3 Å². The van der Waals surface area contributed by atoms with Crippen LogP contribution in [0.15, 0.2) is 41.6 Å². The van der Waals surface area contributed by atoms with E-state index in [1.165, 1.54) is 11.8 Å². The summed E-state index contributed by atoms with van der Waals surface area (Å²) in [5, 5.41) is 14.5. The van der Waals surface area contributed by atoms with Gasteiger partial charge in [0.1, 0.15) is 5.82 Å². The van der Waals surface area contributed by atoms with E-state index in [1.54, 1.807) is 0 Å². The van der Waals surface area contributed by atoms with Gasteiger partial charge >= 0.3 is 0 Å². The van der Waals surface area contributed by atoms with Crippen LogP contribution in [0.4, 0.5) is 5.69 Å². The summed E-state index contributed by atoms with van der Waals surface area (Å²) in [6.45, 7) is 9.74. The molecule has 3 aromatic rings. The molecule has 0 aliphatic carbocycles. The minimum absolute atomic E-state index is 0.0876. The number of nitrogens with one attached hydrogen (secondary N) is 2. The van der Waals surface area contributed by atoms with E-state index >= 15 is 0 Å². The molecular weight excluding hydrogens is 410 g/mol. The molecule has 1 heterocycles. The Bertz CT molecular complexity index is 1100. The van der Waals surface area contributed by atoms with Crippen molar-refractivity contribution in [2.45, 2.75) is 39.8 Å². The standard InChI is InChI=1S/C23H27N5O2S/c1-14-7-6-8-19(11-14)28-18(5)26-27-23(28)31-13-21(30)24-12-20(29)25-22-16(3)9-15(2)10-17(22)4/h6-11H,12-13H2,1-5H3,(H,24,30)(H,25,29). The van der Waals surface area contributed by atoms with Gasteiger partial charge in [0.15, 0.2) is 5.16 Å². The van der Waals surface area contributed by atoms with Gasteiger partial charge in [0, 0.05) is 11.4 Å². The lowest BCUT2D eigenvalue weighted by molar-refractivity contribution is -0.122.